The van der Waals surface area contributed by atoms with Crippen molar-refractivity contribution in [1.29, 1.82) is 0 Å². The fourth-order valence-corrected chi connectivity index (χ4v) is 0. The van der Waals surface area contributed by atoms with Gasteiger partial charge in [0, 0.05) is 169 Å². The summed E-state index contributed by atoms with van der Waals surface area (Å²) in [5.41, 5.74) is 0. The average Bonchev–Trinajstić information content (AvgIpc) is 0. The molecule has 0 bridgehead atoms. The Labute approximate surface area is 307 Å². The molecule has 34 heavy (non-hydrogen) atoms. The van der Waals surface area contributed by atoms with Gasteiger partial charge in [0.1, 0.15) is 0 Å². The fraction of sp³-hybridized carbons (Fsp3) is 0. The van der Waals surface area contributed by atoms with Crippen LogP contribution in [0.25, 0.3) is 0 Å². The maximum atomic E-state index is 0. The Kier molecular flexibility index (Phi) is 199000. The Morgan fingerprint density at radius 2 is 0.0882 bits per heavy atom. The Morgan fingerprint density at radius 3 is 0.0882 bits per heavy atom. The Hall–Kier alpha value is 4.47. The van der Waals surface area contributed by atoms with Crippen LogP contribution in [0.2, 0.25) is 0 Å². The smallest absolute Gasteiger partial charge is 0 e. The van der Waals surface area contributed by atoms with Gasteiger partial charge in [0.25, 0.3) is 0 Å². The van der Waals surface area contributed by atoms with Crippen LogP contribution in [-0.2, 0) is 179 Å². The Bertz CT molecular complexity index is 26.8. The molecule has 256 valence electrons. The molecule has 0 rings (SSSR count). The van der Waals surface area contributed by atoms with E-state index in [2.05, 4.69) is 0 Å². The van der Waals surface area contributed by atoms with Crippen LogP contribution in [0, 0.1) is 0 Å². The molecule has 0 aliphatic carbocycles. The van der Waals surface area contributed by atoms with Gasteiger partial charge in [0.05, 0.1) is 0 Å². The minimum atomic E-state index is 0. The van der Waals surface area contributed by atoms with Crippen LogP contribution in [0.4, 0.5) is 0 Å². The van der Waals surface area contributed by atoms with Crippen LogP contribution in [0.1, 0.15) is 0 Å². The van der Waals surface area contributed by atoms with E-state index in [1.165, 1.54) is 0 Å². The zero-order valence-corrected chi connectivity index (χ0v) is 39.9. The molecule has 0 aromatic carbocycles. The van der Waals surface area contributed by atoms with Gasteiger partial charge in [-0.1, -0.05) is 0 Å². The van der Waals surface area contributed by atoms with E-state index in [0.29, 0.717) is 0 Å². The summed E-state index contributed by atoms with van der Waals surface area (Å²) >= 11 is 0. The van der Waals surface area contributed by atoms with Crippen LogP contribution >= 0.6 is 0 Å². The van der Waals surface area contributed by atoms with E-state index in [0.717, 1.165) is 0 Å². The second-order valence-corrected chi connectivity index (χ2v) is 0. The summed E-state index contributed by atoms with van der Waals surface area (Å²) in [6.07, 6.45) is 0. The summed E-state index contributed by atoms with van der Waals surface area (Å²) in [6.45, 7) is 0. The first-order valence-corrected chi connectivity index (χ1v) is 0. The van der Waals surface area contributed by atoms with Crippen LogP contribution in [0.15, 0.2) is 0 Å². The maximum absolute atomic E-state index is 0. The van der Waals surface area contributed by atoms with Gasteiger partial charge in [0.15, 0.2) is 0 Å². The second kappa shape index (κ2) is 2500. The summed E-state index contributed by atoms with van der Waals surface area (Å²) in [7, 11) is 0. The minimum absolute atomic E-state index is 0. The van der Waals surface area contributed by atoms with Crippen LogP contribution in [0.3, 0.4) is 0 Å². The predicted molar refractivity (Wildman–Crippen MR) is 96.5 cm³/mol. The molecule has 0 saturated carbocycles. The van der Waals surface area contributed by atoms with E-state index in [-0.39, 0.29) is 311 Å². The molecule has 34 heteroatoms. The summed E-state index contributed by atoms with van der Waals surface area (Å²) in [4.78, 5) is 0. The number of rotatable bonds is 0. The van der Waals surface area contributed by atoms with Crippen LogP contribution < -0.4 is 0 Å². The topological polar surface area (TPSA) is 822 Å². The maximum Gasteiger partial charge on any atom is 0 e. The third-order valence-corrected chi connectivity index (χ3v) is 0. The van der Waals surface area contributed by atoms with Gasteiger partial charge in [-0.05, 0) is 0 Å². The summed E-state index contributed by atoms with van der Waals surface area (Å²) in [5.74, 6) is 0. The second-order valence-electron chi connectivity index (χ2n) is 0. The molecular weight excluding hydrogens is 1890 g/mol. The van der Waals surface area contributed by atoms with Gasteiger partial charge >= 0.3 is 0 Å². The molecule has 0 atom stereocenters. The van der Waals surface area contributed by atoms with Crippen molar-refractivity contribution in [2.45, 2.75) is 0 Å². The van der Waals surface area contributed by atoms with Crippen molar-refractivity contribution in [3.63, 3.8) is 0 Å². The molecule has 0 aromatic rings. The van der Waals surface area contributed by atoms with Crippen molar-refractivity contribution >= 4 is 0 Å². The van der Waals surface area contributed by atoms with E-state index in [9.17, 15) is 0 Å². The van der Waals surface area contributed by atoms with E-state index >= 15 is 0 Å². The molecule has 0 heterocycles. The number of hydrogen-bond acceptors (Lipinski definition) is 0. The molecule has 0 radical (unpaired) electrons. The van der Waals surface area contributed by atoms with Crippen molar-refractivity contribution in [1.82, 2.24) is 0 Å². The van der Waals surface area contributed by atoms with Gasteiger partial charge in [-0.3, -0.25) is 0 Å². The first kappa shape index (κ1) is 2710. The first-order chi connectivity index (χ1) is 0. The standard InChI is InChI=1S/26H2O.8W/h26*1H2;;;;;;;;/p+2. The van der Waals surface area contributed by atoms with E-state index in [1.54, 1.807) is 0 Å². The molecule has 0 spiro atoms. The van der Waals surface area contributed by atoms with E-state index < -0.39 is 0 Å². The van der Waals surface area contributed by atoms with E-state index in [1.807, 2.05) is 0 Å². The molecule has 0 saturated heterocycles. The zero-order valence-electron chi connectivity index (χ0n) is 16.4. The quantitative estimate of drug-likeness (QED) is 0.204. The molecule has 54 N–H and O–H groups in total. The molecule has 26 nitrogen and oxygen atoms in total. The molecule has 0 aliphatic heterocycles. The monoisotopic (exact) mass is 1940 g/mol. The zero-order chi connectivity index (χ0) is 0. The van der Waals surface area contributed by atoms with Gasteiger partial charge in [-0.15, -0.1) is 0 Å². The predicted octanol–water partition coefficient (Wildman–Crippen LogP) is -21.7. The van der Waals surface area contributed by atoms with Gasteiger partial charge < -0.3 is 142 Å². The van der Waals surface area contributed by atoms with Crippen LogP contribution in [-0.4, -0.2) is 131 Å². The molecule has 0 aliphatic rings. The summed E-state index contributed by atoms with van der Waals surface area (Å²) in [6, 6.07) is 0. The van der Waals surface area contributed by atoms with Gasteiger partial charge in [0.2, 0.25) is 0 Å². The largest absolute Gasteiger partial charge is 0.457 e. The summed E-state index contributed by atoms with van der Waals surface area (Å²) in [5, 5.41) is 0. The normalized spacial score (nSPS) is 0. The Morgan fingerprint density at radius 1 is 0.0882 bits per heavy atom. The SMILES string of the molecule is O.O.O.O.O.O.O.O.O.O.O.O.O.O.O.O.O.O.O.O.O.O.O.O.[OH3+].[OH3+].[W].[W].[W].[W].[W].[W].[W].[W]. The Balaban J connectivity index is 0. The average molecular weight is 1940 g/mol. The fourth-order valence-electron chi connectivity index (χ4n) is 0. The molecule has 0 amide bonds. The van der Waals surface area contributed by atoms with Crippen LogP contribution in [0.5, 0.6) is 0 Å². The van der Waals surface area contributed by atoms with Gasteiger partial charge in [-0.25, -0.2) is 0 Å². The van der Waals surface area contributed by atoms with E-state index in [4.69, 9.17) is 0 Å². The van der Waals surface area contributed by atoms with Crippen molar-refractivity contribution in [2.75, 3.05) is 0 Å². The minimum Gasteiger partial charge on any atom is -0.457 e. The third-order valence-electron chi connectivity index (χ3n) is 0. The molecular formula is H54O26W8+2. The number of hydrogen-bond donors (Lipinski definition) is 0. The van der Waals surface area contributed by atoms with Crippen molar-refractivity contribution in [3.8, 4) is 0 Å². The van der Waals surface area contributed by atoms with Crippen molar-refractivity contribution in [3.05, 3.63) is 0 Å². The van der Waals surface area contributed by atoms with Crippen molar-refractivity contribution < 1.29 is 311 Å². The van der Waals surface area contributed by atoms with Gasteiger partial charge in [-0.2, -0.15) is 0 Å². The molecule has 0 unspecified atom stereocenters. The molecule has 0 aromatic heterocycles. The van der Waals surface area contributed by atoms with Crippen molar-refractivity contribution in [2.24, 2.45) is 0 Å². The third kappa shape index (κ3) is 2300. The summed E-state index contributed by atoms with van der Waals surface area (Å²) < 4.78 is 0. The molecule has 0 fully saturated rings. The first-order valence-electron chi connectivity index (χ1n) is 0.